The average molecular weight is 312 g/mol. The highest BCUT2D eigenvalue weighted by atomic mass is 19.4. The van der Waals surface area contributed by atoms with Crippen LogP contribution in [0.25, 0.3) is 0 Å². The molecule has 0 N–H and O–H groups in total. The first-order valence-electron chi connectivity index (χ1n) is 6.04. The second kappa shape index (κ2) is 5.23. The molecule has 0 amide bonds. The number of Topliss-reactive ketones (excluding diaryl/α,β-unsaturated/α-hetero) is 1. The Morgan fingerprint density at radius 1 is 1.10 bits per heavy atom. The summed E-state index contributed by atoms with van der Waals surface area (Å²) >= 11 is 0. The molecule has 0 bridgehead atoms. The molecule has 21 heavy (non-hydrogen) atoms. The lowest BCUT2D eigenvalue weighted by atomic mass is 9.93. The number of halogens is 6. The molecule has 8 heteroatoms. The standard InChI is InChI=1S/C13H10F6O2/c14-12(15,16)11(13(17,18)19)10(20)8-3-4-9-7(6-8)2-1-5-21-9/h3-4,6,11H,1-2,5H2. The Hall–Kier alpha value is -1.73. The van der Waals surface area contributed by atoms with Crippen LogP contribution >= 0.6 is 0 Å². The zero-order valence-corrected chi connectivity index (χ0v) is 10.5. The van der Waals surface area contributed by atoms with Gasteiger partial charge in [0.15, 0.2) is 5.78 Å². The Labute approximate surface area is 115 Å². The molecule has 0 aliphatic carbocycles. The highest BCUT2D eigenvalue weighted by Crippen LogP contribution is 2.41. The van der Waals surface area contributed by atoms with Gasteiger partial charge in [0.2, 0.25) is 5.92 Å². The van der Waals surface area contributed by atoms with Crippen molar-refractivity contribution in [2.24, 2.45) is 5.92 Å². The highest BCUT2D eigenvalue weighted by molar-refractivity contribution is 5.99. The van der Waals surface area contributed by atoms with Crippen LogP contribution in [-0.2, 0) is 6.42 Å². The van der Waals surface area contributed by atoms with Crippen molar-refractivity contribution < 1.29 is 35.9 Å². The predicted molar refractivity (Wildman–Crippen MR) is 60.2 cm³/mol. The molecule has 0 radical (unpaired) electrons. The van der Waals surface area contributed by atoms with E-state index in [1.807, 2.05) is 0 Å². The molecule has 1 heterocycles. The quantitative estimate of drug-likeness (QED) is 0.611. The summed E-state index contributed by atoms with van der Waals surface area (Å²) in [5, 5.41) is 0. The lowest BCUT2D eigenvalue weighted by Gasteiger charge is -2.23. The van der Waals surface area contributed by atoms with Crippen LogP contribution in [0, 0.1) is 5.92 Å². The van der Waals surface area contributed by atoms with E-state index in [0.717, 1.165) is 12.1 Å². The molecular formula is C13H10F6O2. The van der Waals surface area contributed by atoms with E-state index in [1.165, 1.54) is 6.07 Å². The van der Waals surface area contributed by atoms with Crippen LogP contribution < -0.4 is 4.74 Å². The summed E-state index contributed by atoms with van der Waals surface area (Å²) < 4.78 is 80.4. The summed E-state index contributed by atoms with van der Waals surface area (Å²) in [6.07, 6.45) is -10.3. The van der Waals surface area contributed by atoms with Gasteiger partial charge in [0.1, 0.15) is 5.75 Å². The fourth-order valence-corrected chi connectivity index (χ4v) is 2.16. The van der Waals surface area contributed by atoms with Gasteiger partial charge >= 0.3 is 12.4 Å². The number of carbonyl (C=O) groups is 1. The van der Waals surface area contributed by atoms with Gasteiger partial charge in [0.25, 0.3) is 0 Å². The monoisotopic (exact) mass is 312 g/mol. The fourth-order valence-electron chi connectivity index (χ4n) is 2.16. The molecule has 1 aliphatic heterocycles. The van der Waals surface area contributed by atoms with Crippen LogP contribution in [0.4, 0.5) is 26.3 Å². The maximum Gasteiger partial charge on any atom is 0.407 e. The first kappa shape index (κ1) is 15.7. The van der Waals surface area contributed by atoms with Crippen molar-refractivity contribution in [3.05, 3.63) is 29.3 Å². The molecule has 0 saturated heterocycles. The maximum absolute atomic E-state index is 12.5. The van der Waals surface area contributed by atoms with Gasteiger partial charge in [-0.2, -0.15) is 26.3 Å². The number of carbonyl (C=O) groups excluding carboxylic acids is 1. The average Bonchev–Trinajstić information content (AvgIpc) is 2.34. The summed E-state index contributed by atoms with van der Waals surface area (Å²) in [6.45, 7) is 0.425. The van der Waals surface area contributed by atoms with Gasteiger partial charge in [-0.25, -0.2) is 0 Å². The summed E-state index contributed by atoms with van der Waals surface area (Å²) in [5.74, 6) is -5.62. The normalized spacial score (nSPS) is 15.6. The minimum absolute atomic E-state index is 0.383. The summed E-state index contributed by atoms with van der Waals surface area (Å²) in [7, 11) is 0. The molecule has 0 saturated carbocycles. The van der Waals surface area contributed by atoms with Crippen molar-refractivity contribution >= 4 is 5.78 Å². The van der Waals surface area contributed by atoms with E-state index in [9.17, 15) is 31.1 Å². The summed E-state index contributed by atoms with van der Waals surface area (Å²) in [5.41, 5.74) is -0.172. The molecule has 0 atom stereocenters. The van der Waals surface area contributed by atoms with E-state index in [4.69, 9.17) is 4.74 Å². The van der Waals surface area contributed by atoms with Crippen molar-refractivity contribution in [2.45, 2.75) is 25.2 Å². The van der Waals surface area contributed by atoms with E-state index < -0.39 is 29.6 Å². The number of hydrogen-bond donors (Lipinski definition) is 0. The molecule has 0 unspecified atom stereocenters. The van der Waals surface area contributed by atoms with Crippen LogP contribution in [0.3, 0.4) is 0 Å². The van der Waals surface area contributed by atoms with E-state index in [-0.39, 0.29) is 0 Å². The topological polar surface area (TPSA) is 26.3 Å². The first-order chi connectivity index (χ1) is 9.60. The van der Waals surface area contributed by atoms with Gasteiger partial charge in [0.05, 0.1) is 6.61 Å². The molecule has 2 nitrogen and oxygen atoms in total. The lowest BCUT2D eigenvalue weighted by Crippen LogP contribution is -2.42. The van der Waals surface area contributed by atoms with Crippen molar-refractivity contribution in [2.75, 3.05) is 6.61 Å². The van der Waals surface area contributed by atoms with E-state index >= 15 is 0 Å². The zero-order valence-electron chi connectivity index (χ0n) is 10.5. The van der Waals surface area contributed by atoms with Crippen LogP contribution in [0.5, 0.6) is 5.75 Å². The van der Waals surface area contributed by atoms with Gasteiger partial charge in [-0.1, -0.05) is 0 Å². The number of ketones is 1. The van der Waals surface area contributed by atoms with E-state index in [1.54, 1.807) is 0 Å². The van der Waals surface area contributed by atoms with Gasteiger partial charge < -0.3 is 4.74 Å². The van der Waals surface area contributed by atoms with Crippen LogP contribution in [-0.4, -0.2) is 24.7 Å². The Morgan fingerprint density at radius 3 is 2.29 bits per heavy atom. The Morgan fingerprint density at radius 2 is 1.71 bits per heavy atom. The Bertz CT molecular complexity index is 533. The zero-order chi connectivity index (χ0) is 15.8. The third kappa shape index (κ3) is 3.30. The first-order valence-corrected chi connectivity index (χ1v) is 6.04. The molecule has 1 aromatic carbocycles. The van der Waals surface area contributed by atoms with Crippen LogP contribution in [0.2, 0.25) is 0 Å². The minimum atomic E-state index is -5.68. The third-order valence-electron chi connectivity index (χ3n) is 3.11. The Balaban J connectivity index is 2.38. The number of fused-ring (bicyclic) bond motifs is 1. The predicted octanol–water partition coefficient (Wildman–Crippen LogP) is 3.94. The highest BCUT2D eigenvalue weighted by Gasteiger charge is 2.60. The van der Waals surface area contributed by atoms with Crippen LogP contribution in [0.15, 0.2) is 18.2 Å². The molecule has 0 aromatic heterocycles. The molecule has 2 rings (SSSR count). The summed E-state index contributed by atoms with van der Waals surface area (Å²) in [6, 6.07) is 3.20. The number of aryl methyl sites for hydroxylation is 1. The van der Waals surface area contributed by atoms with Gasteiger partial charge in [-0.3, -0.25) is 4.79 Å². The SMILES string of the molecule is O=C(c1ccc2c(c1)CCCO2)C(C(F)(F)F)C(F)(F)F. The van der Waals surface area contributed by atoms with Crippen LogP contribution in [0.1, 0.15) is 22.3 Å². The smallest absolute Gasteiger partial charge is 0.407 e. The molecule has 1 aromatic rings. The van der Waals surface area contributed by atoms with Gasteiger partial charge in [-0.15, -0.1) is 0 Å². The number of hydrogen-bond acceptors (Lipinski definition) is 2. The number of alkyl halides is 6. The van der Waals surface area contributed by atoms with Crippen molar-refractivity contribution in [1.82, 2.24) is 0 Å². The van der Waals surface area contributed by atoms with E-state index in [2.05, 4.69) is 0 Å². The fraction of sp³-hybridized carbons (Fsp3) is 0.462. The molecule has 0 fully saturated rings. The molecule has 1 aliphatic rings. The van der Waals surface area contributed by atoms with Crippen molar-refractivity contribution in [3.63, 3.8) is 0 Å². The number of rotatable bonds is 2. The number of ether oxygens (including phenoxy) is 1. The summed E-state index contributed by atoms with van der Waals surface area (Å²) in [4.78, 5) is 11.6. The second-order valence-corrected chi connectivity index (χ2v) is 4.66. The molecule has 0 spiro atoms. The lowest BCUT2D eigenvalue weighted by molar-refractivity contribution is -0.264. The van der Waals surface area contributed by atoms with Crippen molar-refractivity contribution in [3.8, 4) is 5.75 Å². The molecular weight excluding hydrogens is 302 g/mol. The minimum Gasteiger partial charge on any atom is -0.493 e. The number of benzene rings is 1. The Kier molecular flexibility index (Phi) is 3.90. The van der Waals surface area contributed by atoms with Gasteiger partial charge in [0, 0.05) is 5.56 Å². The van der Waals surface area contributed by atoms with Crippen molar-refractivity contribution in [1.29, 1.82) is 0 Å². The van der Waals surface area contributed by atoms with E-state index in [0.29, 0.717) is 30.8 Å². The third-order valence-corrected chi connectivity index (χ3v) is 3.11. The molecule has 116 valence electrons. The van der Waals surface area contributed by atoms with Gasteiger partial charge in [-0.05, 0) is 36.6 Å². The second-order valence-electron chi connectivity index (χ2n) is 4.66. The largest absolute Gasteiger partial charge is 0.493 e. The maximum atomic E-state index is 12.5.